The minimum atomic E-state index is -1.56. The van der Waals surface area contributed by atoms with Crippen molar-refractivity contribution in [2.24, 2.45) is 0 Å². The van der Waals surface area contributed by atoms with Crippen molar-refractivity contribution in [2.45, 2.75) is 0 Å². The lowest BCUT2D eigenvalue weighted by atomic mass is 10.1. The van der Waals surface area contributed by atoms with Gasteiger partial charge in [-0.1, -0.05) is 0 Å². The van der Waals surface area contributed by atoms with Crippen molar-refractivity contribution in [3.05, 3.63) is 57.8 Å². The number of aromatic carboxylic acids is 1. The summed E-state index contributed by atoms with van der Waals surface area (Å²) >= 11 is 3.08. The van der Waals surface area contributed by atoms with Crippen LogP contribution < -0.4 is 5.32 Å². The second-order valence-corrected chi connectivity index (χ2v) is 4.75. The van der Waals surface area contributed by atoms with E-state index in [-0.39, 0.29) is 5.56 Å². The van der Waals surface area contributed by atoms with E-state index in [1.54, 1.807) is 0 Å². The van der Waals surface area contributed by atoms with E-state index in [1.165, 1.54) is 18.3 Å². The van der Waals surface area contributed by atoms with Gasteiger partial charge in [-0.2, -0.15) is 0 Å². The minimum absolute atomic E-state index is 0.178. The van der Waals surface area contributed by atoms with Gasteiger partial charge < -0.3 is 10.4 Å². The summed E-state index contributed by atoms with van der Waals surface area (Å²) in [6.45, 7) is 0. The first kappa shape index (κ1) is 15.0. The second-order valence-electron chi connectivity index (χ2n) is 3.94. The molecule has 1 aromatic carbocycles. The largest absolute Gasteiger partial charge is 0.478 e. The third-order valence-corrected chi connectivity index (χ3v) is 2.96. The van der Waals surface area contributed by atoms with E-state index in [4.69, 9.17) is 5.11 Å². The highest BCUT2D eigenvalue weighted by Crippen LogP contribution is 2.20. The van der Waals surface area contributed by atoms with Crippen molar-refractivity contribution in [1.29, 1.82) is 0 Å². The first-order valence-corrected chi connectivity index (χ1v) is 6.33. The SMILES string of the molecule is O=C(Nc1cc(C(=O)O)c(F)cc1F)c1ccnc(Br)c1. The zero-order valence-electron chi connectivity index (χ0n) is 10.2. The summed E-state index contributed by atoms with van der Waals surface area (Å²) in [5, 5.41) is 11.0. The lowest BCUT2D eigenvalue weighted by molar-refractivity contribution is 0.0691. The number of carbonyl (C=O) groups excluding carboxylic acids is 1. The Kier molecular flexibility index (Phi) is 4.27. The Morgan fingerprint density at radius 3 is 2.52 bits per heavy atom. The number of amides is 1. The van der Waals surface area contributed by atoms with Gasteiger partial charge in [-0.3, -0.25) is 4.79 Å². The highest BCUT2D eigenvalue weighted by molar-refractivity contribution is 9.10. The summed E-state index contributed by atoms with van der Waals surface area (Å²) < 4.78 is 27.2. The monoisotopic (exact) mass is 356 g/mol. The summed E-state index contributed by atoms with van der Waals surface area (Å²) in [5.41, 5.74) is -0.980. The number of rotatable bonds is 3. The van der Waals surface area contributed by atoms with Crippen LogP contribution in [0.5, 0.6) is 0 Å². The molecule has 0 atom stereocenters. The maximum absolute atomic E-state index is 13.6. The molecule has 5 nitrogen and oxygen atoms in total. The lowest BCUT2D eigenvalue weighted by Gasteiger charge is -2.08. The molecular formula is C13H7BrF2N2O3. The smallest absolute Gasteiger partial charge is 0.338 e. The summed E-state index contributed by atoms with van der Waals surface area (Å²) in [6, 6.07) is 3.91. The van der Waals surface area contributed by atoms with Crippen LogP contribution in [0.4, 0.5) is 14.5 Å². The van der Waals surface area contributed by atoms with E-state index in [1.807, 2.05) is 0 Å². The van der Waals surface area contributed by atoms with Gasteiger partial charge in [0, 0.05) is 17.8 Å². The maximum Gasteiger partial charge on any atom is 0.338 e. The van der Waals surface area contributed by atoms with E-state index in [0.717, 1.165) is 6.07 Å². The molecule has 0 aliphatic heterocycles. The van der Waals surface area contributed by atoms with Crippen LogP contribution in [0, 0.1) is 11.6 Å². The summed E-state index contributed by atoms with van der Waals surface area (Å²) in [6.07, 6.45) is 1.36. The standard InChI is InChI=1S/C13H7BrF2N2O3/c14-11-3-6(1-2-17-11)12(19)18-10-4-7(13(20)21)8(15)5-9(10)16/h1-5H,(H,18,19)(H,20,21). The molecule has 0 aliphatic rings. The average Bonchev–Trinajstić information content (AvgIpc) is 2.41. The predicted molar refractivity (Wildman–Crippen MR) is 73.2 cm³/mol. The van der Waals surface area contributed by atoms with Gasteiger partial charge in [-0.15, -0.1) is 0 Å². The molecule has 0 bridgehead atoms. The molecule has 1 aromatic heterocycles. The van der Waals surface area contributed by atoms with E-state index in [2.05, 4.69) is 26.2 Å². The molecular weight excluding hydrogens is 350 g/mol. The minimum Gasteiger partial charge on any atom is -0.478 e. The number of nitrogens with one attached hydrogen (secondary N) is 1. The molecule has 0 spiro atoms. The highest BCUT2D eigenvalue weighted by Gasteiger charge is 2.17. The molecule has 1 heterocycles. The first-order valence-electron chi connectivity index (χ1n) is 5.53. The first-order chi connectivity index (χ1) is 9.88. The zero-order valence-corrected chi connectivity index (χ0v) is 11.8. The normalized spacial score (nSPS) is 10.2. The molecule has 0 saturated heterocycles. The molecule has 21 heavy (non-hydrogen) atoms. The molecule has 0 radical (unpaired) electrons. The van der Waals surface area contributed by atoms with Gasteiger partial charge in [0.25, 0.3) is 5.91 Å². The average molecular weight is 357 g/mol. The van der Waals surface area contributed by atoms with Crippen LogP contribution in [0.25, 0.3) is 0 Å². The van der Waals surface area contributed by atoms with Gasteiger partial charge in [0.15, 0.2) is 0 Å². The topological polar surface area (TPSA) is 79.3 Å². The fraction of sp³-hybridized carbons (Fsp3) is 0. The Hall–Kier alpha value is -2.35. The number of halogens is 3. The summed E-state index contributed by atoms with van der Waals surface area (Å²) in [7, 11) is 0. The molecule has 2 rings (SSSR count). The maximum atomic E-state index is 13.6. The molecule has 0 saturated carbocycles. The van der Waals surface area contributed by atoms with E-state index < -0.39 is 34.8 Å². The van der Waals surface area contributed by atoms with Crippen LogP contribution >= 0.6 is 15.9 Å². The third-order valence-electron chi connectivity index (χ3n) is 2.52. The molecule has 0 aliphatic carbocycles. The number of carbonyl (C=O) groups is 2. The van der Waals surface area contributed by atoms with Crippen molar-refractivity contribution in [3.63, 3.8) is 0 Å². The molecule has 108 valence electrons. The number of hydrogen-bond donors (Lipinski definition) is 2. The third kappa shape index (κ3) is 3.40. The van der Waals surface area contributed by atoms with Crippen molar-refractivity contribution in [3.8, 4) is 0 Å². The van der Waals surface area contributed by atoms with Gasteiger partial charge in [-0.25, -0.2) is 18.6 Å². The quantitative estimate of drug-likeness (QED) is 0.828. The van der Waals surface area contributed by atoms with Crippen LogP contribution in [0.15, 0.2) is 35.1 Å². The van der Waals surface area contributed by atoms with Crippen molar-refractivity contribution >= 4 is 33.5 Å². The molecule has 8 heteroatoms. The molecule has 0 unspecified atom stereocenters. The van der Waals surface area contributed by atoms with E-state index >= 15 is 0 Å². The number of nitrogens with zero attached hydrogens (tertiary/aromatic N) is 1. The van der Waals surface area contributed by atoms with Gasteiger partial charge >= 0.3 is 5.97 Å². The predicted octanol–water partition coefficient (Wildman–Crippen LogP) is 3.07. The molecule has 1 amide bonds. The number of anilines is 1. The second kappa shape index (κ2) is 5.96. The van der Waals surface area contributed by atoms with Crippen molar-refractivity contribution < 1.29 is 23.5 Å². The van der Waals surface area contributed by atoms with Gasteiger partial charge in [0.2, 0.25) is 0 Å². The lowest BCUT2D eigenvalue weighted by Crippen LogP contribution is -2.14. The highest BCUT2D eigenvalue weighted by atomic mass is 79.9. The Morgan fingerprint density at radius 2 is 1.90 bits per heavy atom. The van der Waals surface area contributed by atoms with Crippen LogP contribution in [-0.2, 0) is 0 Å². The van der Waals surface area contributed by atoms with E-state index in [0.29, 0.717) is 10.7 Å². The van der Waals surface area contributed by atoms with Crippen molar-refractivity contribution in [1.82, 2.24) is 4.98 Å². The van der Waals surface area contributed by atoms with Crippen LogP contribution in [0.3, 0.4) is 0 Å². The summed E-state index contributed by atoms with van der Waals surface area (Å²) in [4.78, 5) is 26.5. The number of aromatic nitrogens is 1. The number of carboxylic acid groups (broad SMARTS) is 1. The molecule has 0 fully saturated rings. The number of benzene rings is 1. The Labute approximate surface area is 125 Å². The van der Waals surface area contributed by atoms with E-state index in [9.17, 15) is 18.4 Å². The number of pyridine rings is 1. The van der Waals surface area contributed by atoms with Gasteiger partial charge in [-0.05, 0) is 34.1 Å². The molecule has 2 N–H and O–H groups in total. The zero-order chi connectivity index (χ0) is 15.6. The summed E-state index contributed by atoms with van der Waals surface area (Å²) in [5.74, 6) is -4.53. The number of carboxylic acids is 1. The van der Waals surface area contributed by atoms with Crippen molar-refractivity contribution in [2.75, 3.05) is 5.32 Å². The van der Waals surface area contributed by atoms with Crippen LogP contribution in [-0.4, -0.2) is 22.0 Å². The Bertz CT molecular complexity index is 737. The van der Waals surface area contributed by atoms with Crippen LogP contribution in [0.2, 0.25) is 0 Å². The van der Waals surface area contributed by atoms with Gasteiger partial charge in [0.05, 0.1) is 11.3 Å². The Balaban J connectivity index is 2.33. The van der Waals surface area contributed by atoms with Crippen LogP contribution in [0.1, 0.15) is 20.7 Å². The fourth-order valence-corrected chi connectivity index (χ4v) is 1.91. The number of hydrogen-bond acceptors (Lipinski definition) is 3. The fourth-order valence-electron chi connectivity index (χ4n) is 1.55. The Morgan fingerprint density at radius 1 is 1.19 bits per heavy atom. The molecule has 2 aromatic rings. The van der Waals surface area contributed by atoms with Gasteiger partial charge in [0.1, 0.15) is 16.2 Å².